The maximum absolute atomic E-state index is 13.2. The van der Waals surface area contributed by atoms with Crippen molar-refractivity contribution in [1.29, 1.82) is 0 Å². The van der Waals surface area contributed by atoms with Crippen LogP contribution in [0.15, 0.2) is 24.3 Å². The van der Waals surface area contributed by atoms with E-state index in [1.807, 2.05) is 0 Å². The Bertz CT molecular complexity index is 707. The molecule has 1 unspecified atom stereocenters. The van der Waals surface area contributed by atoms with Gasteiger partial charge in [0.15, 0.2) is 6.61 Å². The Morgan fingerprint density at radius 3 is 2.56 bits per heavy atom. The minimum Gasteiger partial charge on any atom is -0.455 e. The number of halogens is 1. The summed E-state index contributed by atoms with van der Waals surface area (Å²) in [7, 11) is 0. The summed E-state index contributed by atoms with van der Waals surface area (Å²) in [5.74, 6) is 2.35. The van der Waals surface area contributed by atoms with E-state index in [0.29, 0.717) is 21.6 Å². The molecule has 146 valence electrons. The summed E-state index contributed by atoms with van der Waals surface area (Å²) in [6, 6.07) is 5.66. The summed E-state index contributed by atoms with van der Waals surface area (Å²) in [5, 5.41) is 2.56. The number of amides is 1. The van der Waals surface area contributed by atoms with Crippen LogP contribution in [0.25, 0.3) is 0 Å². The zero-order valence-corrected chi connectivity index (χ0v) is 16.8. The molecule has 1 aromatic rings. The molecule has 1 saturated heterocycles. The van der Waals surface area contributed by atoms with Crippen molar-refractivity contribution in [2.24, 2.45) is 17.8 Å². The molecule has 0 aromatic heterocycles. The number of anilines is 1. The SMILES string of the molecule is O=C(COC(=O)C1C[C@H]2CCC[C@@H](C1)C21SCCS1)Nc1cccc(F)c1. The van der Waals surface area contributed by atoms with E-state index in [-0.39, 0.29) is 18.5 Å². The molecule has 3 aliphatic rings. The van der Waals surface area contributed by atoms with E-state index in [2.05, 4.69) is 28.8 Å². The van der Waals surface area contributed by atoms with Crippen molar-refractivity contribution in [3.63, 3.8) is 0 Å². The Morgan fingerprint density at radius 1 is 1.19 bits per heavy atom. The Hall–Kier alpha value is -1.21. The average Bonchev–Trinajstić information content (AvgIpc) is 3.09. The molecular formula is C20H24FNO3S2. The number of benzene rings is 1. The van der Waals surface area contributed by atoms with Gasteiger partial charge < -0.3 is 10.1 Å². The van der Waals surface area contributed by atoms with Crippen molar-refractivity contribution in [1.82, 2.24) is 0 Å². The third-order valence-corrected chi connectivity index (χ3v) is 9.92. The lowest BCUT2D eigenvalue weighted by atomic mass is 9.67. The monoisotopic (exact) mass is 409 g/mol. The van der Waals surface area contributed by atoms with Gasteiger partial charge in [-0.15, -0.1) is 23.5 Å². The summed E-state index contributed by atoms with van der Waals surface area (Å²) in [6.07, 6.45) is 5.40. The van der Waals surface area contributed by atoms with Gasteiger partial charge in [-0.05, 0) is 55.7 Å². The van der Waals surface area contributed by atoms with Gasteiger partial charge in [-0.2, -0.15) is 0 Å². The van der Waals surface area contributed by atoms with E-state index in [4.69, 9.17) is 4.74 Å². The normalized spacial score (nSPS) is 28.7. The third-order valence-electron chi connectivity index (χ3n) is 5.91. The number of carbonyl (C=O) groups excluding carboxylic acids is 2. The van der Waals surface area contributed by atoms with Crippen LogP contribution in [0.1, 0.15) is 32.1 Å². The first-order chi connectivity index (χ1) is 13.1. The molecule has 0 radical (unpaired) electrons. The van der Waals surface area contributed by atoms with Gasteiger partial charge >= 0.3 is 5.97 Å². The van der Waals surface area contributed by atoms with Crippen molar-refractivity contribution in [3.05, 3.63) is 30.1 Å². The van der Waals surface area contributed by atoms with Gasteiger partial charge in [0.2, 0.25) is 0 Å². The van der Waals surface area contributed by atoms with Crippen molar-refractivity contribution in [2.75, 3.05) is 23.4 Å². The highest BCUT2D eigenvalue weighted by Gasteiger charge is 2.55. The largest absolute Gasteiger partial charge is 0.455 e. The zero-order chi connectivity index (χ0) is 18.9. The quantitative estimate of drug-likeness (QED) is 0.751. The van der Waals surface area contributed by atoms with E-state index in [1.54, 1.807) is 6.07 Å². The molecule has 4 rings (SSSR count). The predicted molar refractivity (Wildman–Crippen MR) is 107 cm³/mol. The van der Waals surface area contributed by atoms with Gasteiger partial charge in [-0.3, -0.25) is 9.59 Å². The Kier molecular flexibility index (Phi) is 5.69. The number of rotatable bonds is 4. The van der Waals surface area contributed by atoms with Gasteiger partial charge in [-0.1, -0.05) is 12.5 Å². The molecule has 7 heteroatoms. The first kappa shape index (κ1) is 19.1. The average molecular weight is 410 g/mol. The molecule has 1 amide bonds. The van der Waals surface area contributed by atoms with Gasteiger partial charge in [0, 0.05) is 17.2 Å². The first-order valence-corrected chi connectivity index (χ1v) is 11.5. The zero-order valence-electron chi connectivity index (χ0n) is 15.1. The van der Waals surface area contributed by atoms with Crippen LogP contribution >= 0.6 is 23.5 Å². The summed E-state index contributed by atoms with van der Waals surface area (Å²) in [5.41, 5.74) is 0.362. The van der Waals surface area contributed by atoms with Crippen LogP contribution in [0.2, 0.25) is 0 Å². The molecule has 1 aliphatic heterocycles. The molecule has 1 aromatic carbocycles. The van der Waals surface area contributed by atoms with Gasteiger partial charge in [0.05, 0.1) is 10.00 Å². The highest BCUT2D eigenvalue weighted by atomic mass is 32.2. The Balaban J connectivity index is 1.31. The second kappa shape index (κ2) is 8.03. The van der Waals surface area contributed by atoms with Crippen molar-refractivity contribution < 1.29 is 18.7 Å². The molecule has 3 atom stereocenters. The summed E-state index contributed by atoms with van der Waals surface area (Å²) < 4.78 is 18.8. The fourth-order valence-electron chi connectivity index (χ4n) is 4.82. The fraction of sp³-hybridized carbons (Fsp3) is 0.600. The highest BCUT2D eigenvalue weighted by Crippen LogP contribution is 2.64. The van der Waals surface area contributed by atoms with Crippen molar-refractivity contribution in [3.8, 4) is 0 Å². The second-order valence-electron chi connectivity index (χ2n) is 7.58. The molecule has 1 spiro atoms. The van der Waals surface area contributed by atoms with Crippen molar-refractivity contribution in [2.45, 2.75) is 36.2 Å². The smallest absolute Gasteiger partial charge is 0.309 e. The van der Waals surface area contributed by atoms with Crippen LogP contribution < -0.4 is 5.32 Å². The van der Waals surface area contributed by atoms with Crippen LogP contribution in [0.5, 0.6) is 0 Å². The van der Waals surface area contributed by atoms with E-state index < -0.39 is 11.7 Å². The Labute approximate surface area is 167 Å². The molecule has 1 heterocycles. The number of carbonyl (C=O) groups is 2. The highest BCUT2D eigenvalue weighted by molar-refractivity contribution is 8.21. The third kappa shape index (κ3) is 3.99. The molecule has 1 N–H and O–H groups in total. The van der Waals surface area contributed by atoms with Gasteiger partial charge in [0.1, 0.15) is 5.82 Å². The lowest BCUT2D eigenvalue weighted by molar-refractivity contribution is -0.154. The summed E-state index contributed by atoms with van der Waals surface area (Å²) >= 11 is 4.22. The van der Waals surface area contributed by atoms with Crippen LogP contribution in [-0.2, 0) is 14.3 Å². The molecule has 2 saturated carbocycles. The van der Waals surface area contributed by atoms with E-state index >= 15 is 0 Å². The number of esters is 1. The van der Waals surface area contributed by atoms with Crippen molar-refractivity contribution >= 4 is 41.1 Å². The predicted octanol–water partition coefficient (Wildman–Crippen LogP) is 4.31. The first-order valence-electron chi connectivity index (χ1n) is 9.57. The molecule has 2 aliphatic carbocycles. The van der Waals surface area contributed by atoms with Crippen LogP contribution in [0, 0.1) is 23.6 Å². The number of ether oxygens (including phenoxy) is 1. The molecule has 27 heavy (non-hydrogen) atoms. The molecule has 2 bridgehead atoms. The summed E-state index contributed by atoms with van der Waals surface area (Å²) in [6.45, 7) is -0.324. The summed E-state index contributed by atoms with van der Waals surface area (Å²) in [4.78, 5) is 24.6. The number of hydrogen-bond donors (Lipinski definition) is 1. The number of hydrogen-bond acceptors (Lipinski definition) is 5. The second-order valence-corrected chi connectivity index (χ2v) is 10.6. The maximum atomic E-state index is 13.2. The van der Waals surface area contributed by atoms with Gasteiger partial charge in [0.25, 0.3) is 5.91 Å². The number of thioether (sulfide) groups is 2. The standard InChI is InChI=1S/C20H24FNO3S2/c21-16-5-2-6-17(11-16)22-18(23)12-25-19(24)13-9-14-3-1-4-15(10-13)20(14)26-7-8-27-20/h2,5-6,11,13-15H,1,3-4,7-10,12H2,(H,22,23)/t13?,14-,15+. The molecule has 3 fully saturated rings. The molecular weight excluding hydrogens is 385 g/mol. The lowest BCUT2D eigenvalue weighted by Gasteiger charge is -2.51. The van der Waals surface area contributed by atoms with Gasteiger partial charge in [-0.25, -0.2) is 4.39 Å². The van der Waals surface area contributed by atoms with Crippen LogP contribution in [0.3, 0.4) is 0 Å². The maximum Gasteiger partial charge on any atom is 0.309 e. The van der Waals surface area contributed by atoms with Crippen LogP contribution in [-0.4, -0.2) is 34.1 Å². The van der Waals surface area contributed by atoms with Crippen LogP contribution in [0.4, 0.5) is 10.1 Å². The van der Waals surface area contributed by atoms with E-state index in [9.17, 15) is 14.0 Å². The lowest BCUT2D eigenvalue weighted by Crippen LogP contribution is -2.48. The van der Waals surface area contributed by atoms with E-state index in [0.717, 1.165) is 12.8 Å². The minimum atomic E-state index is -0.441. The topological polar surface area (TPSA) is 55.4 Å². The Morgan fingerprint density at radius 2 is 1.89 bits per heavy atom. The number of nitrogens with one attached hydrogen (secondary N) is 1. The minimum absolute atomic E-state index is 0.102. The molecule has 4 nitrogen and oxygen atoms in total. The fourth-order valence-corrected chi connectivity index (χ4v) is 8.76. The van der Waals surface area contributed by atoms with E-state index in [1.165, 1.54) is 49.0 Å².